The van der Waals surface area contributed by atoms with E-state index in [1.165, 1.54) is 19.2 Å². The van der Waals surface area contributed by atoms with Crippen LogP contribution in [-0.2, 0) is 11.8 Å². The normalized spacial score (nSPS) is 15.4. The van der Waals surface area contributed by atoms with Crippen molar-refractivity contribution >= 4 is 34.9 Å². The van der Waals surface area contributed by atoms with E-state index in [0.717, 1.165) is 26.9 Å². The Kier molecular flexibility index (Phi) is 5.46. The van der Waals surface area contributed by atoms with E-state index in [4.69, 9.17) is 0 Å². The number of amides is 3. The van der Waals surface area contributed by atoms with Gasteiger partial charge in [-0.2, -0.15) is 5.10 Å². The summed E-state index contributed by atoms with van der Waals surface area (Å²) in [6.07, 6.45) is 4.81. The number of aromatic nitrogens is 3. The molecule has 3 rings (SSSR count). The van der Waals surface area contributed by atoms with Crippen molar-refractivity contribution in [1.82, 2.24) is 25.0 Å². The van der Waals surface area contributed by atoms with Crippen LogP contribution in [0.4, 0.5) is 4.79 Å². The van der Waals surface area contributed by atoms with Gasteiger partial charge in [-0.15, -0.1) is 0 Å². The molecule has 10 heteroatoms. The molecule has 0 unspecified atom stereocenters. The maximum Gasteiger partial charge on any atom is 0.293 e. The molecule has 2 aromatic heterocycles. The Balaban J connectivity index is 1.59. The van der Waals surface area contributed by atoms with E-state index in [9.17, 15) is 19.2 Å². The highest BCUT2D eigenvalue weighted by Crippen LogP contribution is 2.31. The van der Waals surface area contributed by atoms with Crippen LogP contribution in [0, 0.1) is 0 Å². The molecule has 1 aliphatic rings. The first-order valence-corrected chi connectivity index (χ1v) is 8.75. The third-order valence-electron chi connectivity index (χ3n) is 3.67. The van der Waals surface area contributed by atoms with Gasteiger partial charge in [-0.05, 0) is 35.5 Å². The smallest absolute Gasteiger partial charge is 0.293 e. The Bertz CT molecular complexity index is 986. The van der Waals surface area contributed by atoms with E-state index < -0.39 is 17.1 Å². The average molecular weight is 385 g/mol. The predicted molar refractivity (Wildman–Crippen MR) is 98.7 cm³/mol. The van der Waals surface area contributed by atoms with E-state index in [1.54, 1.807) is 30.6 Å². The number of carbonyl (C=O) groups excluding carboxylic acids is 3. The zero-order chi connectivity index (χ0) is 19.4. The molecule has 3 amide bonds. The molecular formula is C17H15N5O4S. The second-order valence-corrected chi connectivity index (χ2v) is 6.55. The van der Waals surface area contributed by atoms with Crippen molar-refractivity contribution in [2.75, 3.05) is 13.1 Å². The van der Waals surface area contributed by atoms with Gasteiger partial charge in [0, 0.05) is 38.6 Å². The molecule has 0 bridgehead atoms. The Labute approximate surface area is 158 Å². The summed E-state index contributed by atoms with van der Waals surface area (Å²) in [5.41, 5.74) is 0.463. The molecule has 1 aliphatic heterocycles. The molecule has 9 nitrogen and oxygen atoms in total. The molecule has 0 saturated carbocycles. The Morgan fingerprint density at radius 3 is 2.78 bits per heavy atom. The van der Waals surface area contributed by atoms with Crippen LogP contribution in [0.3, 0.4) is 0 Å². The third-order valence-corrected chi connectivity index (χ3v) is 4.58. The minimum absolute atomic E-state index is 0.0343. The average Bonchev–Trinajstić information content (AvgIpc) is 2.92. The van der Waals surface area contributed by atoms with Crippen molar-refractivity contribution in [2.24, 2.45) is 7.05 Å². The fourth-order valence-electron chi connectivity index (χ4n) is 2.30. The molecule has 138 valence electrons. The summed E-state index contributed by atoms with van der Waals surface area (Å²) in [6.45, 7) is 0.105. The minimum Gasteiger partial charge on any atom is -0.349 e. The summed E-state index contributed by atoms with van der Waals surface area (Å²) in [7, 11) is 1.44. The molecule has 0 aliphatic carbocycles. The standard InChI is InChI=1S/C17H15N5O4S/c1-21-14(23)5-4-12(20-21)15(24)19-7-8-22-16(25)13(27-17(22)26)9-11-3-2-6-18-10-11/h2-6,9-10H,7-8H2,1H3,(H,19,24)/b13-9+. The number of thioether (sulfide) groups is 1. The van der Waals surface area contributed by atoms with E-state index >= 15 is 0 Å². The van der Waals surface area contributed by atoms with Crippen LogP contribution in [0.5, 0.6) is 0 Å². The predicted octanol–water partition coefficient (Wildman–Crippen LogP) is 0.642. The van der Waals surface area contributed by atoms with Gasteiger partial charge >= 0.3 is 0 Å². The summed E-state index contributed by atoms with van der Waals surface area (Å²) in [5, 5.41) is 6.02. The fourth-order valence-corrected chi connectivity index (χ4v) is 3.17. The minimum atomic E-state index is -0.497. The van der Waals surface area contributed by atoms with E-state index in [1.807, 2.05) is 0 Å². The summed E-state index contributed by atoms with van der Waals surface area (Å²) < 4.78 is 1.05. The van der Waals surface area contributed by atoms with Crippen LogP contribution in [0.25, 0.3) is 6.08 Å². The lowest BCUT2D eigenvalue weighted by Gasteiger charge is -2.12. The number of imide groups is 1. The number of aryl methyl sites for hydroxylation is 1. The quantitative estimate of drug-likeness (QED) is 0.751. The summed E-state index contributed by atoms with van der Waals surface area (Å²) in [6, 6.07) is 6.07. The van der Waals surface area contributed by atoms with E-state index in [-0.39, 0.29) is 24.3 Å². The molecule has 3 heterocycles. The van der Waals surface area contributed by atoms with Crippen molar-refractivity contribution < 1.29 is 14.4 Å². The molecule has 1 fully saturated rings. The van der Waals surface area contributed by atoms with E-state index in [0.29, 0.717) is 4.91 Å². The number of carbonyl (C=O) groups is 3. The van der Waals surface area contributed by atoms with Crippen molar-refractivity contribution in [3.63, 3.8) is 0 Å². The summed E-state index contributed by atoms with van der Waals surface area (Å²) >= 11 is 0.843. The molecule has 0 atom stereocenters. The van der Waals surface area contributed by atoms with Crippen LogP contribution in [0.15, 0.2) is 46.4 Å². The molecule has 0 spiro atoms. The topological polar surface area (TPSA) is 114 Å². The lowest BCUT2D eigenvalue weighted by Crippen LogP contribution is -2.38. The van der Waals surface area contributed by atoms with Crippen LogP contribution >= 0.6 is 11.8 Å². The van der Waals surface area contributed by atoms with E-state index in [2.05, 4.69) is 15.4 Å². The van der Waals surface area contributed by atoms with Crippen LogP contribution in [-0.4, -0.2) is 49.8 Å². The third kappa shape index (κ3) is 4.29. The first kappa shape index (κ1) is 18.5. The van der Waals surface area contributed by atoms with Gasteiger partial charge in [0.05, 0.1) is 4.91 Å². The first-order chi connectivity index (χ1) is 13.0. The van der Waals surface area contributed by atoms with Gasteiger partial charge in [0.2, 0.25) is 0 Å². The molecule has 0 radical (unpaired) electrons. The summed E-state index contributed by atoms with van der Waals surface area (Å²) in [4.78, 5) is 53.1. The second-order valence-electron chi connectivity index (χ2n) is 5.56. The zero-order valence-electron chi connectivity index (χ0n) is 14.3. The number of pyridine rings is 1. The largest absolute Gasteiger partial charge is 0.349 e. The molecule has 27 heavy (non-hydrogen) atoms. The van der Waals surface area contributed by atoms with Gasteiger partial charge in [0.25, 0.3) is 22.6 Å². The number of nitrogens with zero attached hydrogens (tertiary/aromatic N) is 4. The fraction of sp³-hybridized carbons (Fsp3) is 0.176. The van der Waals surface area contributed by atoms with Crippen molar-refractivity contribution in [1.29, 1.82) is 0 Å². The Morgan fingerprint density at radius 1 is 1.26 bits per heavy atom. The molecule has 2 aromatic rings. The van der Waals surface area contributed by atoms with Crippen molar-refractivity contribution in [3.8, 4) is 0 Å². The number of hydrogen-bond acceptors (Lipinski definition) is 7. The van der Waals surface area contributed by atoms with Crippen molar-refractivity contribution in [3.05, 3.63) is 63.2 Å². The highest BCUT2D eigenvalue weighted by Gasteiger charge is 2.34. The molecule has 1 N–H and O–H groups in total. The maximum atomic E-state index is 12.4. The second kappa shape index (κ2) is 7.96. The van der Waals surface area contributed by atoms with Crippen LogP contribution in [0.1, 0.15) is 16.1 Å². The van der Waals surface area contributed by atoms with Gasteiger partial charge in [-0.1, -0.05) is 6.07 Å². The Morgan fingerprint density at radius 2 is 2.07 bits per heavy atom. The highest BCUT2D eigenvalue weighted by molar-refractivity contribution is 8.18. The van der Waals surface area contributed by atoms with Gasteiger partial charge in [-0.3, -0.25) is 29.1 Å². The monoisotopic (exact) mass is 385 g/mol. The van der Waals surface area contributed by atoms with Gasteiger partial charge in [0.1, 0.15) is 5.69 Å². The van der Waals surface area contributed by atoms with Gasteiger partial charge in [0.15, 0.2) is 0 Å². The first-order valence-electron chi connectivity index (χ1n) is 7.93. The van der Waals surface area contributed by atoms with Gasteiger partial charge in [-0.25, -0.2) is 4.68 Å². The molecular weight excluding hydrogens is 370 g/mol. The SMILES string of the molecule is Cn1nc(C(=O)NCCN2C(=O)S/C(=C/c3cccnc3)C2=O)ccc1=O. The lowest BCUT2D eigenvalue weighted by molar-refractivity contribution is -0.122. The summed E-state index contributed by atoms with van der Waals surface area (Å²) in [5.74, 6) is -0.910. The van der Waals surface area contributed by atoms with Crippen LogP contribution < -0.4 is 10.9 Å². The molecule has 1 saturated heterocycles. The van der Waals surface area contributed by atoms with Gasteiger partial charge < -0.3 is 5.32 Å². The lowest BCUT2D eigenvalue weighted by atomic mass is 10.2. The number of nitrogens with one attached hydrogen (secondary N) is 1. The highest BCUT2D eigenvalue weighted by atomic mass is 32.2. The van der Waals surface area contributed by atoms with Crippen molar-refractivity contribution in [2.45, 2.75) is 0 Å². The number of rotatable bonds is 5. The molecule has 0 aromatic carbocycles. The number of hydrogen-bond donors (Lipinski definition) is 1. The van der Waals surface area contributed by atoms with Crippen LogP contribution in [0.2, 0.25) is 0 Å². The maximum absolute atomic E-state index is 12.4. The Hall–Kier alpha value is -3.27. The zero-order valence-corrected chi connectivity index (χ0v) is 15.1.